The predicted molar refractivity (Wildman–Crippen MR) is 93.8 cm³/mol. The van der Waals surface area contributed by atoms with Gasteiger partial charge in [0.2, 0.25) is 0 Å². The molecule has 0 radical (unpaired) electrons. The summed E-state index contributed by atoms with van der Waals surface area (Å²) in [6.07, 6.45) is 0.757. The first kappa shape index (κ1) is 19.1. The van der Waals surface area contributed by atoms with E-state index in [1.165, 1.54) is 18.5 Å². The average molecular weight is 360 g/mol. The Labute approximate surface area is 150 Å². The summed E-state index contributed by atoms with van der Waals surface area (Å²) < 4.78 is 6.13. The number of nitrogens with zero attached hydrogens (tertiary/aromatic N) is 3. The number of anilines is 1. The summed E-state index contributed by atoms with van der Waals surface area (Å²) in [5.41, 5.74) is 1.99. The maximum atomic E-state index is 12.0. The molecule has 1 aromatic heterocycles. The van der Waals surface area contributed by atoms with Gasteiger partial charge in [0.05, 0.1) is 4.92 Å². The standard InChI is InChI=1S/C17H20N4O5/c1-4-13-7-5-6-8-14(13)18-15(22)10-26-16(23)9-20-12(3)17(21(24)25)11(2)19-20/h5-8H,4,9-10H2,1-3H3,(H,18,22). The quantitative estimate of drug-likeness (QED) is 0.459. The number of nitro groups is 1. The fourth-order valence-electron chi connectivity index (χ4n) is 2.56. The highest BCUT2D eigenvalue weighted by Gasteiger charge is 2.23. The molecule has 0 atom stereocenters. The van der Waals surface area contributed by atoms with Crippen LogP contribution in [0.1, 0.15) is 23.9 Å². The van der Waals surface area contributed by atoms with Gasteiger partial charge in [-0.05, 0) is 31.9 Å². The van der Waals surface area contributed by atoms with Gasteiger partial charge < -0.3 is 10.1 Å². The van der Waals surface area contributed by atoms with Crippen molar-refractivity contribution in [2.24, 2.45) is 0 Å². The van der Waals surface area contributed by atoms with Crippen LogP contribution < -0.4 is 5.32 Å². The first-order chi connectivity index (χ1) is 12.3. The number of esters is 1. The van der Waals surface area contributed by atoms with E-state index in [2.05, 4.69) is 10.4 Å². The largest absolute Gasteiger partial charge is 0.454 e. The van der Waals surface area contributed by atoms with E-state index in [9.17, 15) is 19.7 Å². The van der Waals surface area contributed by atoms with Gasteiger partial charge in [-0.1, -0.05) is 25.1 Å². The van der Waals surface area contributed by atoms with Crippen LogP contribution in [0.4, 0.5) is 11.4 Å². The Hall–Kier alpha value is -3.23. The molecular formula is C17H20N4O5. The maximum absolute atomic E-state index is 12.0. The molecule has 2 rings (SSSR count). The van der Waals surface area contributed by atoms with Crippen LogP contribution in [-0.2, 0) is 27.3 Å². The van der Waals surface area contributed by atoms with Crippen LogP contribution in [0, 0.1) is 24.0 Å². The van der Waals surface area contributed by atoms with Crippen molar-refractivity contribution in [3.8, 4) is 0 Å². The number of hydrogen-bond acceptors (Lipinski definition) is 6. The van der Waals surface area contributed by atoms with E-state index < -0.39 is 23.4 Å². The van der Waals surface area contributed by atoms with Crippen molar-refractivity contribution >= 4 is 23.3 Å². The van der Waals surface area contributed by atoms with Crippen LogP contribution in [0.25, 0.3) is 0 Å². The SMILES string of the molecule is CCc1ccccc1NC(=O)COC(=O)Cn1nc(C)c([N+](=O)[O-])c1C. The number of aromatic nitrogens is 2. The van der Waals surface area contributed by atoms with Crippen LogP contribution in [0.2, 0.25) is 0 Å². The zero-order valence-electron chi connectivity index (χ0n) is 14.8. The van der Waals surface area contributed by atoms with E-state index in [0.29, 0.717) is 5.69 Å². The molecule has 138 valence electrons. The Morgan fingerprint density at radius 2 is 2.00 bits per heavy atom. The fraction of sp³-hybridized carbons (Fsp3) is 0.353. The molecule has 1 N–H and O–H groups in total. The van der Waals surface area contributed by atoms with E-state index in [1.807, 2.05) is 19.1 Å². The van der Waals surface area contributed by atoms with Crippen molar-refractivity contribution in [3.63, 3.8) is 0 Å². The lowest BCUT2D eigenvalue weighted by Crippen LogP contribution is -2.24. The highest BCUT2D eigenvalue weighted by molar-refractivity contribution is 5.93. The molecule has 0 aliphatic heterocycles. The number of nitrogens with one attached hydrogen (secondary N) is 1. The minimum absolute atomic E-state index is 0.133. The smallest absolute Gasteiger partial charge is 0.328 e. The Morgan fingerprint density at radius 3 is 2.62 bits per heavy atom. The lowest BCUT2D eigenvalue weighted by atomic mass is 10.1. The van der Waals surface area contributed by atoms with Crippen molar-refractivity contribution in [1.82, 2.24) is 9.78 Å². The van der Waals surface area contributed by atoms with Gasteiger partial charge in [-0.25, -0.2) is 0 Å². The van der Waals surface area contributed by atoms with E-state index in [-0.39, 0.29) is 23.6 Å². The molecule has 9 heteroatoms. The van der Waals surface area contributed by atoms with Crippen LogP contribution in [0.5, 0.6) is 0 Å². The number of benzene rings is 1. The number of amides is 1. The Bertz CT molecular complexity index is 844. The molecular weight excluding hydrogens is 340 g/mol. The second-order valence-corrected chi connectivity index (χ2v) is 5.65. The molecule has 0 unspecified atom stereocenters. The van der Waals surface area contributed by atoms with Gasteiger partial charge in [0.1, 0.15) is 17.9 Å². The molecule has 0 saturated heterocycles. The third-order valence-electron chi connectivity index (χ3n) is 3.84. The molecule has 0 aliphatic carbocycles. The summed E-state index contributed by atoms with van der Waals surface area (Å²) in [6, 6.07) is 7.35. The highest BCUT2D eigenvalue weighted by atomic mass is 16.6. The molecule has 0 saturated carbocycles. The first-order valence-corrected chi connectivity index (χ1v) is 8.05. The molecule has 2 aromatic rings. The third kappa shape index (κ3) is 4.44. The van der Waals surface area contributed by atoms with Gasteiger partial charge in [0.25, 0.3) is 5.91 Å². The third-order valence-corrected chi connectivity index (χ3v) is 3.84. The summed E-state index contributed by atoms with van der Waals surface area (Å²) in [5.74, 6) is -1.16. The number of carbonyl (C=O) groups is 2. The minimum atomic E-state index is -0.704. The first-order valence-electron chi connectivity index (χ1n) is 8.05. The van der Waals surface area contributed by atoms with Crippen molar-refractivity contribution in [1.29, 1.82) is 0 Å². The number of ether oxygens (including phenoxy) is 1. The fourth-order valence-corrected chi connectivity index (χ4v) is 2.56. The summed E-state index contributed by atoms with van der Waals surface area (Å²) in [4.78, 5) is 34.3. The van der Waals surface area contributed by atoms with Gasteiger partial charge in [0.15, 0.2) is 6.61 Å². The summed E-state index contributed by atoms with van der Waals surface area (Å²) >= 11 is 0. The second-order valence-electron chi connectivity index (χ2n) is 5.65. The van der Waals surface area contributed by atoms with Crippen molar-refractivity contribution in [3.05, 3.63) is 51.3 Å². The van der Waals surface area contributed by atoms with E-state index >= 15 is 0 Å². The minimum Gasteiger partial charge on any atom is -0.454 e. The van der Waals surface area contributed by atoms with Crippen molar-refractivity contribution < 1.29 is 19.2 Å². The van der Waals surface area contributed by atoms with Crippen molar-refractivity contribution in [2.45, 2.75) is 33.7 Å². The van der Waals surface area contributed by atoms with Gasteiger partial charge in [0, 0.05) is 5.69 Å². The molecule has 26 heavy (non-hydrogen) atoms. The molecule has 0 aliphatic rings. The Balaban J connectivity index is 1.92. The van der Waals surface area contributed by atoms with Gasteiger partial charge in [-0.15, -0.1) is 0 Å². The molecule has 1 amide bonds. The number of carbonyl (C=O) groups excluding carboxylic acids is 2. The normalized spacial score (nSPS) is 10.4. The van der Waals surface area contributed by atoms with Crippen LogP contribution in [0.15, 0.2) is 24.3 Å². The molecule has 0 bridgehead atoms. The van der Waals surface area contributed by atoms with E-state index in [0.717, 1.165) is 12.0 Å². The topological polar surface area (TPSA) is 116 Å². The number of rotatable bonds is 7. The van der Waals surface area contributed by atoms with Gasteiger partial charge >= 0.3 is 11.7 Å². The monoisotopic (exact) mass is 360 g/mol. The summed E-state index contributed by atoms with van der Waals surface area (Å²) in [6.45, 7) is 4.21. The molecule has 9 nitrogen and oxygen atoms in total. The van der Waals surface area contributed by atoms with Crippen LogP contribution >= 0.6 is 0 Å². The molecule has 0 fully saturated rings. The van der Waals surface area contributed by atoms with E-state index in [4.69, 9.17) is 4.74 Å². The number of aryl methyl sites for hydroxylation is 2. The van der Waals surface area contributed by atoms with Crippen molar-refractivity contribution in [2.75, 3.05) is 11.9 Å². The predicted octanol–water partition coefficient (Wildman–Crippen LogP) is 2.15. The van der Waals surface area contributed by atoms with Gasteiger partial charge in [-0.3, -0.25) is 24.4 Å². The molecule has 0 spiro atoms. The zero-order chi connectivity index (χ0) is 19.3. The summed E-state index contributed by atoms with van der Waals surface area (Å²) in [5, 5.41) is 17.6. The zero-order valence-corrected chi connectivity index (χ0v) is 14.8. The molecule has 1 aromatic carbocycles. The Morgan fingerprint density at radius 1 is 1.31 bits per heavy atom. The van der Waals surface area contributed by atoms with E-state index in [1.54, 1.807) is 12.1 Å². The highest BCUT2D eigenvalue weighted by Crippen LogP contribution is 2.21. The number of hydrogen-bond donors (Lipinski definition) is 1. The van der Waals surface area contributed by atoms with Crippen LogP contribution in [-0.4, -0.2) is 33.2 Å². The van der Waals surface area contributed by atoms with Gasteiger partial charge in [-0.2, -0.15) is 5.10 Å². The number of para-hydroxylation sites is 1. The lowest BCUT2D eigenvalue weighted by Gasteiger charge is -2.10. The maximum Gasteiger partial charge on any atom is 0.328 e. The molecule has 1 heterocycles. The lowest BCUT2D eigenvalue weighted by molar-refractivity contribution is -0.386. The Kier molecular flexibility index (Phi) is 6.05. The van der Waals surface area contributed by atoms with Crippen LogP contribution in [0.3, 0.4) is 0 Å². The summed E-state index contributed by atoms with van der Waals surface area (Å²) in [7, 11) is 0. The average Bonchev–Trinajstić information content (AvgIpc) is 2.87. The second kappa shape index (κ2) is 8.24.